The topological polar surface area (TPSA) is 69.4 Å². The van der Waals surface area contributed by atoms with Crippen LogP contribution in [0.15, 0.2) is 45.0 Å². The van der Waals surface area contributed by atoms with Gasteiger partial charge in [0.25, 0.3) is 0 Å². The summed E-state index contributed by atoms with van der Waals surface area (Å²) in [5.41, 5.74) is 0.665. The van der Waals surface area contributed by atoms with Crippen molar-refractivity contribution in [2.45, 2.75) is 0 Å². The molecule has 1 heterocycles. The number of allylic oxidation sites excluding steroid dienone is 2. The minimum Gasteiger partial charge on any atom is -0.492 e. The van der Waals surface area contributed by atoms with Crippen molar-refractivity contribution < 1.29 is 18.7 Å². The molecule has 1 aliphatic rings. The summed E-state index contributed by atoms with van der Waals surface area (Å²) < 4.78 is 11.1. The molecule has 1 aromatic carbocycles. The maximum atomic E-state index is 12.0. The number of carbonyl (C=O) groups excluding carboxylic acids is 2. The van der Waals surface area contributed by atoms with E-state index in [0.29, 0.717) is 5.56 Å². The van der Waals surface area contributed by atoms with Gasteiger partial charge in [-0.1, -0.05) is 22.0 Å². The first-order valence-electron chi connectivity index (χ1n) is 5.71. The minimum atomic E-state index is -0.452. The third-order valence-corrected chi connectivity index (χ3v) is 3.34. The lowest BCUT2D eigenvalue weighted by molar-refractivity contribution is 0.0902. The lowest BCUT2D eigenvalue weighted by Gasteiger charge is -2.06. The molecule has 0 atom stereocenters. The monoisotopic (exact) mass is 333 g/mol. The molecule has 0 unspecified atom stereocenters. The van der Waals surface area contributed by atoms with E-state index in [-0.39, 0.29) is 23.1 Å². The third-order valence-electron chi connectivity index (χ3n) is 2.84. The molecular weight excluding hydrogens is 326 g/mol. The van der Waals surface area contributed by atoms with E-state index in [1.54, 1.807) is 12.1 Å². The standard InChI is InChI=1S/C14H8BrNO4/c1-19-10-6-9(17)13-11(12(10)18)16-14(20-13)7-3-2-4-8(15)5-7/h2-6H,1H3. The Bertz CT molecular complexity index is 760. The van der Waals surface area contributed by atoms with E-state index in [1.165, 1.54) is 7.11 Å². The Balaban J connectivity index is 2.11. The van der Waals surface area contributed by atoms with Gasteiger partial charge in [-0.25, -0.2) is 4.98 Å². The molecule has 20 heavy (non-hydrogen) atoms. The Hall–Kier alpha value is -2.21. The fourth-order valence-corrected chi connectivity index (χ4v) is 2.30. The molecule has 0 radical (unpaired) electrons. The van der Waals surface area contributed by atoms with Gasteiger partial charge in [0.1, 0.15) is 0 Å². The van der Waals surface area contributed by atoms with Crippen molar-refractivity contribution in [2.24, 2.45) is 0 Å². The number of ketones is 2. The number of rotatable bonds is 2. The number of hydrogen-bond acceptors (Lipinski definition) is 5. The summed E-state index contributed by atoms with van der Waals surface area (Å²) in [5.74, 6) is -0.733. The second-order valence-corrected chi connectivity index (χ2v) is 5.03. The zero-order valence-corrected chi connectivity index (χ0v) is 11.9. The van der Waals surface area contributed by atoms with E-state index in [0.717, 1.165) is 10.5 Å². The Morgan fingerprint density at radius 2 is 2.10 bits per heavy atom. The number of Topliss-reactive ketones (excluding diaryl/α,β-unsaturated/α-hetero) is 1. The van der Waals surface area contributed by atoms with E-state index >= 15 is 0 Å². The van der Waals surface area contributed by atoms with Crippen LogP contribution in [0.25, 0.3) is 11.5 Å². The lowest BCUT2D eigenvalue weighted by Crippen LogP contribution is -2.17. The van der Waals surface area contributed by atoms with Gasteiger partial charge in [0.15, 0.2) is 11.5 Å². The van der Waals surface area contributed by atoms with Crippen LogP contribution in [-0.2, 0) is 4.74 Å². The molecule has 0 aliphatic heterocycles. The molecular formula is C14H8BrNO4. The zero-order valence-electron chi connectivity index (χ0n) is 10.3. The maximum absolute atomic E-state index is 12.0. The second kappa shape index (κ2) is 4.72. The molecule has 3 rings (SSSR count). The molecule has 6 heteroatoms. The van der Waals surface area contributed by atoms with E-state index in [4.69, 9.17) is 9.15 Å². The van der Waals surface area contributed by atoms with Crippen molar-refractivity contribution in [2.75, 3.05) is 7.11 Å². The number of aromatic nitrogens is 1. The molecule has 0 spiro atoms. The van der Waals surface area contributed by atoms with E-state index in [2.05, 4.69) is 20.9 Å². The molecule has 0 bridgehead atoms. The molecule has 2 aromatic rings. The molecule has 0 N–H and O–H groups in total. The van der Waals surface area contributed by atoms with Gasteiger partial charge in [-0.2, -0.15) is 0 Å². The number of nitrogens with zero attached hydrogens (tertiary/aromatic N) is 1. The second-order valence-electron chi connectivity index (χ2n) is 4.11. The number of hydrogen-bond donors (Lipinski definition) is 0. The third kappa shape index (κ3) is 1.98. The number of methoxy groups -OCH3 is 1. The summed E-state index contributed by atoms with van der Waals surface area (Å²) in [4.78, 5) is 28.0. The predicted octanol–water partition coefficient (Wildman–Crippen LogP) is 3.01. The van der Waals surface area contributed by atoms with Gasteiger partial charge < -0.3 is 9.15 Å². The van der Waals surface area contributed by atoms with Gasteiger partial charge >= 0.3 is 0 Å². The van der Waals surface area contributed by atoms with Gasteiger partial charge in [0.2, 0.25) is 23.2 Å². The predicted molar refractivity (Wildman–Crippen MR) is 73.4 cm³/mol. The van der Waals surface area contributed by atoms with Crippen molar-refractivity contribution in [3.05, 3.63) is 52.0 Å². The summed E-state index contributed by atoms with van der Waals surface area (Å²) in [7, 11) is 1.33. The Kier molecular flexibility index (Phi) is 3.02. The number of benzene rings is 1. The van der Waals surface area contributed by atoms with Crippen LogP contribution in [0.3, 0.4) is 0 Å². The van der Waals surface area contributed by atoms with Gasteiger partial charge in [-0.3, -0.25) is 9.59 Å². The van der Waals surface area contributed by atoms with Gasteiger partial charge in [-0.15, -0.1) is 0 Å². The smallest absolute Gasteiger partial charge is 0.250 e. The van der Waals surface area contributed by atoms with Crippen molar-refractivity contribution >= 4 is 27.5 Å². The lowest BCUT2D eigenvalue weighted by atomic mass is 10.1. The fraction of sp³-hybridized carbons (Fsp3) is 0.0714. The number of fused-ring (bicyclic) bond motifs is 1. The van der Waals surface area contributed by atoms with Crippen LogP contribution in [0.5, 0.6) is 0 Å². The van der Waals surface area contributed by atoms with E-state index < -0.39 is 11.6 Å². The fourth-order valence-electron chi connectivity index (χ4n) is 1.90. The van der Waals surface area contributed by atoms with E-state index in [9.17, 15) is 9.59 Å². The molecule has 1 aromatic heterocycles. The maximum Gasteiger partial charge on any atom is 0.250 e. The van der Waals surface area contributed by atoms with E-state index in [1.807, 2.05) is 12.1 Å². The molecule has 100 valence electrons. The number of halogens is 1. The Labute approximate surface area is 122 Å². The molecule has 0 saturated carbocycles. The first kappa shape index (κ1) is 12.8. The zero-order chi connectivity index (χ0) is 14.3. The normalized spacial score (nSPS) is 14.0. The highest BCUT2D eigenvalue weighted by Crippen LogP contribution is 2.28. The molecule has 0 amide bonds. The number of ether oxygens (including phenoxy) is 1. The summed E-state index contributed by atoms with van der Waals surface area (Å²) in [6, 6.07) is 7.23. The Morgan fingerprint density at radius 1 is 1.30 bits per heavy atom. The molecule has 0 saturated heterocycles. The summed E-state index contributed by atoms with van der Waals surface area (Å²) in [6.45, 7) is 0. The highest BCUT2D eigenvalue weighted by Gasteiger charge is 2.32. The number of oxazole rings is 1. The largest absolute Gasteiger partial charge is 0.492 e. The van der Waals surface area contributed by atoms with Crippen LogP contribution in [-0.4, -0.2) is 23.7 Å². The van der Waals surface area contributed by atoms with Crippen LogP contribution in [0.2, 0.25) is 0 Å². The van der Waals surface area contributed by atoms with Crippen LogP contribution < -0.4 is 0 Å². The first-order valence-corrected chi connectivity index (χ1v) is 6.51. The van der Waals surface area contributed by atoms with Gasteiger partial charge in [0.05, 0.1) is 7.11 Å². The van der Waals surface area contributed by atoms with Crippen molar-refractivity contribution in [3.8, 4) is 11.5 Å². The molecule has 1 aliphatic carbocycles. The van der Waals surface area contributed by atoms with Crippen LogP contribution in [0.4, 0.5) is 0 Å². The molecule has 5 nitrogen and oxygen atoms in total. The summed E-state index contributed by atoms with van der Waals surface area (Å²) >= 11 is 3.34. The van der Waals surface area contributed by atoms with Crippen LogP contribution >= 0.6 is 15.9 Å². The highest BCUT2D eigenvalue weighted by atomic mass is 79.9. The van der Waals surface area contributed by atoms with Crippen molar-refractivity contribution in [1.82, 2.24) is 4.98 Å². The summed E-state index contributed by atoms with van der Waals surface area (Å²) in [5, 5.41) is 0. The minimum absolute atomic E-state index is 0.00988. The van der Waals surface area contributed by atoms with Crippen molar-refractivity contribution in [1.29, 1.82) is 0 Å². The quantitative estimate of drug-likeness (QED) is 0.844. The summed E-state index contributed by atoms with van der Waals surface area (Å²) in [6.07, 6.45) is 1.11. The average molecular weight is 334 g/mol. The first-order chi connectivity index (χ1) is 9.60. The van der Waals surface area contributed by atoms with Crippen LogP contribution in [0.1, 0.15) is 21.0 Å². The molecule has 0 fully saturated rings. The van der Waals surface area contributed by atoms with Gasteiger partial charge in [-0.05, 0) is 18.2 Å². The van der Waals surface area contributed by atoms with Crippen LogP contribution in [0, 0.1) is 0 Å². The SMILES string of the molecule is COC1=CC(=O)c2oc(-c3cccc(Br)c3)nc2C1=O. The number of carbonyl (C=O) groups is 2. The van der Waals surface area contributed by atoms with Gasteiger partial charge in [0, 0.05) is 16.1 Å². The highest BCUT2D eigenvalue weighted by molar-refractivity contribution is 9.10. The van der Waals surface area contributed by atoms with Crippen molar-refractivity contribution in [3.63, 3.8) is 0 Å². The average Bonchev–Trinajstić information content (AvgIpc) is 2.89. The Morgan fingerprint density at radius 3 is 2.80 bits per heavy atom.